The third kappa shape index (κ3) is 2.41. The molecule has 1 aromatic rings. The van der Waals surface area contributed by atoms with Gasteiger partial charge in [-0.15, -0.1) is 0 Å². The van der Waals surface area contributed by atoms with Crippen molar-refractivity contribution < 1.29 is 9.50 Å². The number of nitrogens with two attached hydrogens (primary N) is 1. The number of rotatable bonds is 4. The second-order valence-corrected chi connectivity index (χ2v) is 5.03. The first-order valence-corrected chi connectivity index (χ1v) is 6.50. The summed E-state index contributed by atoms with van der Waals surface area (Å²) in [6.07, 6.45) is 1.02. The maximum atomic E-state index is 13.9. The Kier molecular flexibility index (Phi) is 4.32. The third-order valence-corrected chi connectivity index (χ3v) is 4.00. The van der Waals surface area contributed by atoms with Crippen molar-refractivity contribution in [3.05, 3.63) is 35.6 Å². The topological polar surface area (TPSA) is 49.5 Å². The third-order valence-electron chi connectivity index (χ3n) is 4.00. The van der Waals surface area contributed by atoms with Crippen molar-refractivity contribution in [3.63, 3.8) is 0 Å². The van der Waals surface area contributed by atoms with Crippen molar-refractivity contribution in [3.8, 4) is 0 Å². The predicted octanol–water partition coefficient (Wildman–Crippen LogP) is 1.53. The summed E-state index contributed by atoms with van der Waals surface area (Å²) in [6, 6.07) is 6.69. The summed E-state index contributed by atoms with van der Waals surface area (Å²) < 4.78 is 13.9. The van der Waals surface area contributed by atoms with Crippen LogP contribution >= 0.6 is 0 Å². The highest BCUT2D eigenvalue weighted by atomic mass is 19.1. The summed E-state index contributed by atoms with van der Waals surface area (Å²) >= 11 is 0. The highest BCUT2D eigenvalue weighted by Gasteiger charge is 2.35. The molecule has 100 valence electrons. The molecule has 0 amide bonds. The summed E-state index contributed by atoms with van der Waals surface area (Å²) in [4.78, 5) is 2.14. The van der Waals surface area contributed by atoms with Crippen molar-refractivity contribution in [1.29, 1.82) is 0 Å². The molecule has 0 saturated carbocycles. The number of aliphatic hydroxyl groups excluding tert-OH is 1. The molecule has 4 heteroatoms. The molecule has 0 aliphatic carbocycles. The van der Waals surface area contributed by atoms with Crippen LogP contribution in [0.4, 0.5) is 4.39 Å². The minimum absolute atomic E-state index is 0.0816. The van der Waals surface area contributed by atoms with Gasteiger partial charge in [-0.2, -0.15) is 0 Å². The average molecular weight is 252 g/mol. The summed E-state index contributed by atoms with van der Waals surface area (Å²) in [5.74, 6) is 0.208. The molecule has 3 nitrogen and oxygen atoms in total. The number of nitrogens with zero attached hydrogens (tertiary/aromatic N) is 1. The van der Waals surface area contributed by atoms with Gasteiger partial charge in [0.15, 0.2) is 0 Å². The average Bonchev–Trinajstić information content (AvgIpc) is 2.74. The van der Waals surface area contributed by atoms with Gasteiger partial charge in [-0.05, 0) is 24.9 Å². The maximum absolute atomic E-state index is 13.9. The molecule has 3 atom stereocenters. The van der Waals surface area contributed by atoms with Crippen molar-refractivity contribution in [2.45, 2.75) is 25.4 Å². The Labute approximate surface area is 107 Å². The Morgan fingerprint density at radius 1 is 1.50 bits per heavy atom. The first-order chi connectivity index (χ1) is 8.69. The quantitative estimate of drug-likeness (QED) is 0.854. The van der Waals surface area contributed by atoms with E-state index in [9.17, 15) is 9.50 Å². The summed E-state index contributed by atoms with van der Waals surface area (Å²) in [5, 5.41) is 9.49. The standard InChI is InChI=1S/C14H21FN2O/c1-10-6-7-17(14(10)9-18)13(8-16)11-4-2-3-5-12(11)15/h2-5,10,13-14,18H,6-9,16H2,1H3. The molecule has 1 aromatic carbocycles. The SMILES string of the molecule is CC1CCN(C(CN)c2ccccc2F)C1CO. The molecule has 0 bridgehead atoms. The molecule has 1 fully saturated rings. The highest BCUT2D eigenvalue weighted by molar-refractivity contribution is 5.22. The van der Waals surface area contributed by atoms with E-state index in [4.69, 9.17) is 5.73 Å². The second-order valence-electron chi connectivity index (χ2n) is 5.03. The molecule has 18 heavy (non-hydrogen) atoms. The molecule has 1 heterocycles. The molecule has 0 aromatic heterocycles. The number of hydrogen-bond donors (Lipinski definition) is 2. The van der Waals surface area contributed by atoms with Gasteiger partial charge in [-0.1, -0.05) is 25.1 Å². The molecular formula is C14H21FN2O. The molecule has 0 radical (unpaired) electrons. The summed E-state index contributed by atoms with van der Waals surface area (Å²) in [6.45, 7) is 3.45. The van der Waals surface area contributed by atoms with E-state index in [-0.39, 0.29) is 24.5 Å². The van der Waals surface area contributed by atoms with Crippen molar-refractivity contribution in [2.24, 2.45) is 11.7 Å². The van der Waals surface area contributed by atoms with E-state index in [0.29, 0.717) is 18.0 Å². The van der Waals surface area contributed by atoms with Gasteiger partial charge < -0.3 is 10.8 Å². The van der Waals surface area contributed by atoms with Crippen LogP contribution in [0.2, 0.25) is 0 Å². The van der Waals surface area contributed by atoms with Gasteiger partial charge in [0.1, 0.15) is 5.82 Å². The van der Waals surface area contributed by atoms with Crippen LogP contribution in [0, 0.1) is 11.7 Å². The Morgan fingerprint density at radius 2 is 2.22 bits per heavy atom. The van der Waals surface area contributed by atoms with E-state index in [1.54, 1.807) is 12.1 Å². The lowest BCUT2D eigenvalue weighted by molar-refractivity contribution is 0.103. The Balaban J connectivity index is 2.26. The Hall–Kier alpha value is -0.970. The number of aliphatic hydroxyl groups is 1. The van der Waals surface area contributed by atoms with Crippen LogP contribution in [0.25, 0.3) is 0 Å². The predicted molar refractivity (Wildman–Crippen MR) is 69.6 cm³/mol. The molecule has 0 spiro atoms. The fourth-order valence-corrected chi connectivity index (χ4v) is 2.90. The zero-order valence-corrected chi connectivity index (χ0v) is 10.7. The molecule has 1 aliphatic heterocycles. The number of halogens is 1. The summed E-state index contributed by atoms with van der Waals surface area (Å²) in [5.41, 5.74) is 6.46. The monoisotopic (exact) mass is 252 g/mol. The van der Waals surface area contributed by atoms with Gasteiger partial charge in [0.2, 0.25) is 0 Å². The number of likely N-dealkylation sites (tertiary alicyclic amines) is 1. The smallest absolute Gasteiger partial charge is 0.128 e. The maximum Gasteiger partial charge on any atom is 0.128 e. The fourth-order valence-electron chi connectivity index (χ4n) is 2.90. The van der Waals surface area contributed by atoms with Gasteiger partial charge in [-0.25, -0.2) is 4.39 Å². The Morgan fingerprint density at radius 3 is 2.83 bits per heavy atom. The van der Waals surface area contributed by atoms with E-state index < -0.39 is 0 Å². The van der Waals surface area contributed by atoms with Crippen molar-refractivity contribution in [2.75, 3.05) is 19.7 Å². The second kappa shape index (κ2) is 5.78. The van der Waals surface area contributed by atoms with Gasteiger partial charge in [0, 0.05) is 18.2 Å². The lowest BCUT2D eigenvalue weighted by Crippen LogP contribution is -2.41. The van der Waals surface area contributed by atoms with Crippen LogP contribution in [-0.2, 0) is 0 Å². The Bertz CT molecular complexity index is 399. The first kappa shape index (κ1) is 13.5. The van der Waals surface area contributed by atoms with Crippen molar-refractivity contribution in [1.82, 2.24) is 4.90 Å². The van der Waals surface area contributed by atoms with E-state index >= 15 is 0 Å². The fraction of sp³-hybridized carbons (Fsp3) is 0.571. The van der Waals surface area contributed by atoms with E-state index in [1.807, 2.05) is 6.07 Å². The van der Waals surface area contributed by atoms with Crippen molar-refractivity contribution >= 4 is 0 Å². The van der Waals surface area contributed by atoms with E-state index in [0.717, 1.165) is 13.0 Å². The van der Waals surface area contributed by atoms with Gasteiger partial charge in [0.25, 0.3) is 0 Å². The lowest BCUT2D eigenvalue weighted by atomic mass is 10.0. The number of hydrogen-bond acceptors (Lipinski definition) is 3. The molecule has 2 rings (SSSR count). The van der Waals surface area contributed by atoms with Crippen LogP contribution in [-0.4, -0.2) is 35.7 Å². The molecule has 3 unspecified atom stereocenters. The largest absolute Gasteiger partial charge is 0.395 e. The van der Waals surface area contributed by atoms with Gasteiger partial charge >= 0.3 is 0 Å². The van der Waals surface area contributed by atoms with Crippen LogP contribution in [0.3, 0.4) is 0 Å². The zero-order valence-electron chi connectivity index (χ0n) is 10.7. The number of benzene rings is 1. The lowest BCUT2D eigenvalue weighted by Gasteiger charge is -2.33. The molecular weight excluding hydrogens is 231 g/mol. The minimum atomic E-state index is -0.218. The van der Waals surface area contributed by atoms with Crippen LogP contribution in [0.5, 0.6) is 0 Å². The molecule has 1 aliphatic rings. The van der Waals surface area contributed by atoms with Crippen LogP contribution in [0.1, 0.15) is 24.9 Å². The van der Waals surface area contributed by atoms with E-state index in [1.165, 1.54) is 6.07 Å². The molecule has 1 saturated heterocycles. The van der Waals surface area contributed by atoms with Gasteiger partial charge in [0.05, 0.1) is 12.6 Å². The van der Waals surface area contributed by atoms with Gasteiger partial charge in [-0.3, -0.25) is 4.90 Å². The molecule has 3 N–H and O–H groups in total. The van der Waals surface area contributed by atoms with Crippen LogP contribution in [0.15, 0.2) is 24.3 Å². The first-order valence-electron chi connectivity index (χ1n) is 6.50. The summed E-state index contributed by atoms with van der Waals surface area (Å²) in [7, 11) is 0. The zero-order chi connectivity index (χ0) is 13.1. The highest BCUT2D eigenvalue weighted by Crippen LogP contribution is 2.32. The van der Waals surface area contributed by atoms with Crippen LogP contribution < -0.4 is 5.73 Å². The van der Waals surface area contributed by atoms with E-state index in [2.05, 4.69) is 11.8 Å². The normalized spacial score (nSPS) is 26.4. The minimum Gasteiger partial charge on any atom is -0.395 e.